The van der Waals surface area contributed by atoms with Crippen LogP contribution in [0.1, 0.15) is 75.8 Å². The Hall–Kier alpha value is -4.47. The maximum atomic E-state index is 15.2. The second kappa shape index (κ2) is 13.0. The van der Waals surface area contributed by atoms with Crippen LogP contribution in [0.3, 0.4) is 0 Å². The van der Waals surface area contributed by atoms with E-state index in [1.54, 1.807) is 18.9 Å². The molecule has 12 rings (SSSR count). The van der Waals surface area contributed by atoms with Gasteiger partial charge < -0.3 is 39.1 Å². The summed E-state index contributed by atoms with van der Waals surface area (Å²) in [7, 11) is 5.65. The van der Waals surface area contributed by atoms with Gasteiger partial charge in [0.05, 0.1) is 30.1 Å². The number of rotatable bonds is 4. The highest BCUT2D eigenvalue weighted by Gasteiger charge is 2.63. The first-order valence-corrected chi connectivity index (χ1v) is 20.8. The molecule has 2 unspecified atom stereocenters. The summed E-state index contributed by atoms with van der Waals surface area (Å²) in [5.74, 6) is 1.68. The molecule has 1 spiro atoms. The van der Waals surface area contributed by atoms with Crippen LogP contribution in [-0.2, 0) is 32.7 Å². The zero-order valence-corrected chi connectivity index (χ0v) is 34.1. The highest BCUT2D eigenvalue weighted by atomic mass is 32.2. The number of nitrogens with zero attached hydrogens (tertiary/aromatic N) is 2. The zero-order chi connectivity index (χ0) is 39.7. The lowest BCUT2D eigenvalue weighted by Crippen LogP contribution is -2.69. The number of aromatic nitrogens is 1. The first kappa shape index (κ1) is 36.8. The lowest BCUT2D eigenvalue weighted by atomic mass is 9.76. The molecule has 14 heteroatoms. The number of ether oxygens (including phenoxy) is 5. The van der Waals surface area contributed by atoms with Crippen molar-refractivity contribution in [1.82, 2.24) is 25.4 Å². The van der Waals surface area contributed by atoms with E-state index in [1.165, 1.54) is 6.92 Å². The lowest BCUT2D eigenvalue weighted by molar-refractivity contribution is -0.160. The van der Waals surface area contributed by atoms with Crippen LogP contribution in [0.15, 0.2) is 30.3 Å². The third-order valence-corrected chi connectivity index (χ3v) is 14.8. The average Bonchev–Trinajstić information content (AvgIpc) is 3.76. The molecule has 4 N–H and O–H groups in total. The normalized spacial score (nSPS) is 31.0. The Morgan fingerprint density at radius 1 is 1.12 bits per heavy atom. The standard InChI is InChI=1S/C43H49N5O8S/c1-20-12-23-14-42(4)17-47(6)32(29(23)34(50)35(20)52-7)33-39-31-30(38-37(54-19-55-38)21(2)36(31)56-22(3)49)28(48(33)42)16-53-41(51)43(18-57-39)40-26(13-24(46-43)15-44-5)25-10-8-9-11-27(25)45-40/h8-12,24,28,32-33,39,44-46,50H,13-19H2,1-7H3/t24-,28+,32+,33-,39-,42?,43-/m1/s1. The third-order valence-electron chi connectivity index (χ3n) is 13.3. The molecule has 2 fully saturated rings. The molecule has 0 saturated carbocycles. The summed E-state index contributed by atoms with van der Waals surface area (Å²) in [6.07, 6.45) is 1.36. The number of piperazine rings is 1. The van der Waals surface area contributed by atoms with Crippen LogP contribution in [0.4, 0.5) is 0 Å². The summed E-state index contributed by atoms with van der Waals surface area (Å²) in [6, 6.07) is 9.17. The van der Waals surface area contributed by atoms with Gasteiger partial charge in [-0.25, -0.2) is 4.79 Å². The number of benzene rings is 3. The molecule has 8 aliphatic heterocycles. The van der Waals surface area contributed by atoms with Crippen LogP contribution < -0.4 is 29.6 Å². The van der Waals surface area contributed by atoms with Gasteiger partial charge in [-0.15, -0.1) is 11.8 Å². The minimum atomic E-state index is -1.24. The first-order chi connectivity index (χ1) is 27.4. The van der Waals surface area contributed by atoms with Crippen LogP contribution in [0.2, 0.25) is 0 Å². The van der Waals surface area contributed by atoms with Crippen molar-refractivity contribution in [2.45, 2.75) is 81.0 Å². The van der Waals surface area contributed by atoms with Gasteiger partial charge in [0.15, 0.2) is 28.5 Å². The SMILES string of the molecule is CNC[C@H]1Cc2c([nH]c3ccccc23)[C@@]2(CS[C@@H]3c4c(OC(C)=O)c(C)c5c(c4[C@H](COC2=O)N2[C@@H]3[C@@H]3c4c(cc(C)c(OC)c4O)CC2(C)CN3C)OCO5)N1. The summed E-state index contributed by atoms with van der Waals surface area (Å²) in [6.45, 7) is 8.91. The van der Waals surface area contributed by atoms with Gasteiger partial charge in [0.1, 0.15) is 12.4 Å². The molecule has 0 aliphatic carbocycles. The number of carbonyl (C=O) groups excluding carboxylic acids is 2. The maximum Gasteiger partial charge on any atom is 0.333 e. The lowest BCUT2D eigenvalue weighted by Gasteiger charge is -2.61. The fraction of sp³-hybridized carbons (Fsp3) is 0.488. The van der Waals surface area contributed by atoms with Crippen molar-refractivity contribution in [3.05, 3.63) is 75.0 Å². The van der Waals surface area contributed by atoms with Gasteiger partial charge in [0.2, 0.25) is 6.79 Å². The minimum absolute atomic E-state index is 0.00444. The average molecular weight is 796 g/mol. The number of aromatic hydroxyl groups is 1. The molecule has 0 radical (unpaired) electrons. The Labute approximate surface area is 335 Å². The second-order valence-corrected chi connectivity index (χ2v) is 18.0. The number of para-hydroxylation sites is 1. The minimum Gasteiger partial charge on any atom is -0.504 e. The van der Waals surface area contributed by atoms with E-state index < -0.39 is 28.3 Å². The van der Waals surface area contributed by atoms with E-state index in [1.807, 2.05) is 33.0 Å². The molecular weight excluding hydrogens is 747 g/mol. The molecular formula is C43H49N5O8S. The van der Waals surface area contributed by atoms with E-state index in [-0.39, 0.29) is 43.2 Å². The quantitative estimate of drug-likeness (QED) is 0.165. The monoisotopic (exact) mass is 795 g/mol. The number of methoxy groups -OCH3 is 1. The van der Waals surface area contributed by atoms with E-state index in [2.05, 4.69) is 57.6 Å². The Morgan fingerprint density at radius 2 is 1.91 bits per heavy atom. The summed E-state index contributed by atoms with van der Waals surface area (Å²) >= 11 is 1.66. The fourth-order valence-electron chi connectivity index (χ4n) is 11.5. The Morgan fingerprint density at radius 3 is 2.68 bits per heavy atom. The van der Waals surface area contributed by atoms with Gasteiger partial charge in [0.25, 0.3) is 0 Å². The summed E-state index contributed by atoms with van der Waals surface area (Å²) in [4.78, 5) is 36.8. The highest BCUT2D eigenvalue weighted by molar-refractivity contribution is 7.99. The number of esters is 2. The molecule has 0 amide bonds. The molecule has 2 saturated heterocycles. The van der Waals surface area contributed by atoms with E-state index in [0.29, 0.717) is 53.8 Å². The van der Waals surface area contributed by atoms with Crippen molar-refractivity contribution in [2.75, 3.05) is 53.4 Å². The molecule has 4 aromatic rings. The van der Waals surface area contributed by atoms with E-state index in [4.69, 9.17) is 23.7 Å². The summed E-state index contributed by atoms with van der Waals surface area (Å²) < 4.78 is 31.3. The number of aromatic amines is 1. The largest absolute Gasteiger partial charge is 0.504 e. The van der Waals surface area contributed by atoms with Crippen molar-refractivity contribution < 1.29 is 38.4 Å². The first-order valence-electron chi connectivity index (χ1n) is 19.7. The van der Waals surface area contributed by atoms with E-state index in [0.717, 1.165) is 56.4 Å². The number of H-pyrrole nitrogens is 1. The topological polar surface area (TPSA) is 147 Å². The van der Waals surface area contributed by atoms with Crippen LogP contribution in [0.5, 0.6) is 28.7 Å². The Bertz CT molecular complexity index is 2380. The fourth-order valence-corrected chi connectivity index (χ4v) is 13.1. The highest BCUT2D eigenvalue weighted by Crippen LogP contribution is 2.65. The Balaban J connectivity index is 1.25. The van der Waals surface area contributed by atoms with Crippen molar-refractivity contribution in [3.63, 3.8) is 0 Å². The van der Waals surface area contributed by atoms with Crippen molar-refractivity contribution in [2.24, 2.45) is 0 Å². The van der Waals surface area contributed by atoms with Gasteiger partial charge in [-0.2, -0.15) is 0 Å². The molecule has 3 aromatic carbocycles. The molecule has 1 aromatic heterocycles. The molecule has 8 atom stereocenters. The van der Waals surface area contributed by atoms with Gasteiger partial charge in [-0.1, -0.05) is 24.3 Å². The number of fused-ring (bicyclic) bond motifs is 8. The number of likely N-dealkylation sites (N-methyl/N-ethyl adjacent to an activating group) is 2. The van der Waals surface area contributed by atoms with Crippen LogP contribution in [-0.4, -0.2) is 103 Å². The van der Waals surface area contributed by atoms with Crippen molar-refractivity contribution in [1.29, 1.82) is 0 Å². The summed E-state index contributed by atoms with van der Waals surface area (Å²) in [5.41, 5.74) is 6.24. The molecule has 9 heterocycles. The van der Waals surface area contributed by atoms with E-state index in [9.17, 15) is 9.90 Å². The number of nitrogens with one attached hydrogen (secondary N) is 3. The molecule has 300 valence electrons. The van der Waals surface area contributed by atoms with Crippen LogP contribution in [0.25, 0.3) is 10.9 Å². The number of carbonyl (C=O) groups is 2. The Kier molecular flexibility index (Phi) is 8.41. The molecule has 4 bridgehead atoms. The second-order valence-electron chi connectivity index (χ2n) is 16.9. The molecule has 8 aliphatic rings. The molecule has 13 nitrogen and oxygen atoms in total. The number of thioether (sulfide) groups is 1. The number of hydrogen-bond donors (Lipinski definition) is 4. The number of aryl methyl sites for hydroxylation is 1. The predicted octanol–water partition coefficient (Wildman–Crippen LogP) is 4.84. The third kappa shape index (κ3) is 5.09. The van der Waals surface area contributed by atoms with Gasteiger partial charge in [-0.3, -0.25) is 19.9 Å². The van der Waals surface area contributed by atoms with E-state index >= 15 is 4.79 Å². The number of phenols is 1. The predicted molar refractivity (Wildman–Crippen MR) is 215 cm³/mol. The van der Waals surface area contributed by atoms with Gasteiger partial charge in [0, 0.05) is 76.5 Å². The molecule has 57 heavy (non-hydrogen) atoms. The van der Waals surface area contributed by atoms with Gasteiger partial charge >= 0.3 is 11.9 Å². The maximum absolute atomic E-state index is 15.2. The number of hydrogen-bond acceptors (Lipinski definition) is 13. The van der Waals surface area contributed by atoms with Crippen LogP contribution in [0, 0.1) is 13.8 Å². The smallest absolute Gasteiger partial charge is 0.333 e. The van der Waals surface area contributed by atoms with Crippen LogP contribution >= 0.6 is 11.8 Å². The van der Waals surface area contributed by atoms with Gasteiger partial charge in [-0.05, 0) is 70.5 Å². The van der Waals surface area contributed by atoms with Crippen molar-refractivity contribution in [3.8, 4) is 28.7 Å². The van der Waals surface area contributed by atoms with Crippen molar-refractivity contribution >= 4 is 34.6 Å². The summed E-state index contributed by atoms with van der Waals surface area (Å²) in [5, 5.41) is 20.1. The number of phenolic OH excluding ortho intramolecular Hbond substituents is 1. The zero-order valence-electron chi connectivity index (χ0n) is 33.3.